The summed E-state index contributed by atoms with van der Waals surface area (Å²) < 4.78 is 25.4. The second-order valence-corrected chi connectivity index (χ2v) is 6.55. The van der Waals surface area contributed by atoms with Gasteiger partial charge in [-0.1, -0.05) is 74.7 Å². The van der Waals surface area contributed by atoms with Crippen molar-refractivity contribution < 1.29 is 13.6 Å². The molecule has 1 amide bonds. The van der Waals surface area contributed by atoms with E-state index in [1.54, 1.807) is 0 Å². The van der Waals surface area contributed by atoms with Crippen LogP contribution in [0.2, 0.25) is 0 Å². The molecule has 1 aliphatic carbocycles. The van der Waals surface area contributed by atoms with Crippen LogP contribution >= 0.6 is 0 Å². The van der Waals surface area contributed by atoms with E-state index in [1.807, 2.05) is 48.5 Å². The summed E-state index contributed by atoms with van der Waals surface area (Å²) in [6.07, 6.45) is 1.00. The molecule has 1 aliphatic rings. The van der Waals surface area contributed by atoms with Crippen LogP contribution in [-0.4, -0.2) is 18.9 Å². The molecule has 0 heterocycles. The van der Waals surface area contributed by atoms with Crippen LogP contribution in [0.25, 0.3) is 11.1 Å². The standard InChI is InChI=1S/C21H23F2NO/c1-2-3-8-13-21(20(25)24-14-19(22)23)17-11-6-4-9-15(17)16-10-5-7-12-18(16)21/h4-7,9-12,19H,2-3,8,13-14H2,1H3,(H,24,25). The van der Waals surface area contributed by atoms with Crippen molar-refractivity contribution in [2.75, 3.05) is 6.54 Å². The van der Waals surface area contributed by atoms with E-state index in [4.69, 9.17) is 0 Å². The summed E-state index contributed by atoms with van der Waals surface area (Å²) in [4.78, 5) is 13.1. The van der Waals surface area contributed by atoms with Gasteiger partial charge in [-0.05, 0) is 28.7 Å². The van der Waals surface area contributed by atoms with Crippen molar-refractivity contribution in [2.45, 2.75) is 44.4 Å². The minimum atomic E-state index is -2.55. The normalized spacial score (nSPS) is 14.2. The lowest BCUT2D eigenvalue weighted by molar-refractivity contribution is -0.126. The molecule has 4 heteroatoms. The molecular formula is C21H23F2NO. The molecule has 0 bridgehead atoms. The molecular weight excluding hydrogens is 320 g/mol. The molecule has 2 nitrogen and oxygen atoms in total. The first-order valence-corrected chi connectivity index (χ1v) is 8.87. The minimum Gasteiger partial charge on any atom is -0.349 e. The van der Waals surface area contributed by atoms with E-state index in [-0.39, 0.29) is 5.91 Å². The monoisotopic (exact) mass is 343 g/mol. The Bertz CT molecular complexity index is 712. The van der Waals surface area contributed by atoms with E-state index < -0.39 is 18.4 Å². The van der Waals surface area contributed by atoms with E-state index >= 15 is 0 Å². The van der Waals surface area contributed by atoms with Crippen molar-refractivity contribution in [3.63, 3.8) is 0 Å². The van der Waals surface area contributed by atoms with Crippen LogP contribution in [0.3, 0.4) is 0 Å². The lowest BCUT2D eigenvalue weighted by Crippen LogP contribution is -2.45. The highest BCUT2D eigenvalue weighted by Gasteiger charge is 2.48. The molecule has 0 fully saturated rings. The third-order valence-electron chi connectivity index (χ3n) is 5.02. The Kier molecular flexibility index (Phi) is 5.16. The van der Waals surface area contributed by atoms with Crippen molar-refractivity contribution >= 4 is 5.91 Å². The third kappa shape index (κ3) is 3.06. The number of amides is 1. The molecule has 2 aromatic rings. The predicted molar refractivity (Wildman–Crippen MR) is 95.8 cm³/mol. The average molecular weight is 343 g/mol. The topological polar surface area (TPSA) is 29.1 Å². The molecule has 0 unspecified atom stereocenters. The molecule has 1 N–H and O–H groups in total. The molecule has 0 spiro atoms. The van der Waals surface area contributed by atoms with E-state index in [2.05, 4.69) is 12.2 Å². The summed E-state index contributed by atoms with van der Waals surface area (Å²) in [6.45, 7) is 1.50. The van der Waals surface area contributed by atoms with E-state index in [9.17, 15) is 13.6 Å². The maximum Gasteiger partial charge on any atom is 0.255 e. The molecule has 0 saturated heterocycles. The van der Waals surface area contributed by atoms with Gasteiger partial charge in [0.15, 0.2) is 0 Å². The van der Waals surface area contributed by atoms with Crippen LogP contribution in [0, 0.1) is 0 Å². The highest BCUT2D eigenvalue weighted by atomic mass is 19.3. The number of rotatable bonds is 7. The Labute approximate surface area is 147 Å². The SMILES string of the molecule is CCCCCC1(C(=O)NCC(F)F)c2ccccc2-c2ccccc21. The van der Waals surface area contributed by atoms with Gasteiger partial charge in [0.25, 0.3) is 6.43 Å². The highest BCUT2D eigenvalue weighted by molar-refractivity contribution is 6.00. The number of hydrogen-bond donors (Lipinski definition) is 1. The van der Waals surface area contributed by atoms with Crippen LogP contribution in [0.15, 0.2) is 48.5 Å². The summed E-state index contributed by atoms with van der Waals surface area (Å²) in [5.41, 5.74) is 3.04. The summed E-state index contributed by atoms with van der Waals surface area (Å²) in [5, 5.41) is 2.48. The van der Waals surface area contributed by atoms with Gasteiger partial charge >= 0.3 is 0 Å². The highest BCUT2D eigenvalue weighted by Crippen LogP contribution is 2.51. The first kappa shape index (κ1) is 17.6. The Morgan fingerprint density at radius 1 is 1.00 bits per heavy atom. The first-order valence-electron chi connectivity index (χ1n) is 8.87. The molecule has 2 aromatic carbocycles. The molecule has 132 valence electrons. The molecule has 0 radical (unpaired) electrons. The van der Waals surface area contributed by atoms with Crippen molar-refractivity contribution in [3.8, 4) is 11.1 Å². The lowest BCUT2D eigenvalue weighted by atomic mass is 9.73. The molecule has 0 saturated carbocycles. The van der Waals surface area contributed by atoms with Crippen molar-refractivity contribution in [1.29, 1.82) is 0 Å². The summed E-state index contributed by atoms with van der Waals surface area (Å²) >= 11 is 0. The number of fused-ring (bicyclic) bond motifs is 3. The second-order valence-electron chi connectivity index (χ2n) is 6.55. The zero-order valence-electron chi connectivity index (χ0n) is 14.4. The van der Waals surface area contributed by atoms with E-state index in [0.717, 1.165) is 41.5 Å². The van der Waals surface area contributed by atoms with Gasteiger partial charge in [0.05, 0.1) is 6.54 Å². The van der Waals surface area contributed by atoms with Crippen LogP contribution in [-0.2, 0) is 10.2 Å². The van der Waals surface area contributed by atoms with Gasteiger partial charge in [0.2, 0.25) is 5.91 Å². The number of carbonyl (C=O) groups is 1. The van der Waals surface area contributed by atoms with E-state index in [1.165, 1.54) is 0 Å². The van der Waals surface area contributed by atoms with Crippen LogP contribution in [0.4, 0.5) is 8.78 Å². The fraction of sp³-hybridized carbons (Fsp3) is 0.381. The fourth-order valence-electron chi connectivity index (χ4n) is 3.91. The minimum absolute atomic E-state index is 0.318. The maximum absolute atomic E-state index is 13.1. The van der Waals surface area contributed by atoms with Crippen LogP contribution in [0.5, 0.6) is 0 Å². The summed E-state index contributed by atoms with van der Waals surface area (Å²) in [6, 6.07) is 15.7. The van der Waals surface area contributed by atoms with Crippen molar-refractivity contribution in [2.24, 2.45) is 0 Å². The van der Waals surface area contributed by atoms with Crippen molar-refractivity contribution in [3.05, 3.63) is 59.7 Å². The Morgan fingerprint density at radius 3 is 2.08 bits per heavy atom. The van der Waals surface area contributed by atoms with E-state index in [0.29, 0.717) is 6.42 Å². The lowest BCUT2D eigenvalue weighted by Gasteiger charge is -2.31. The Balaban J connectivity index is 2.11. The molecule has 0 aromatic heterocycles. The van der Waals surface area contributed by atoms with Gasteiger partial charge < -0.3 is 5.32 Å². The number of alkyl halides is 2. The van der Waals surface area contributed by atoms with Crippen LogP contribution in [0.1, 0.15) is 43.7 Å². The maximum atomic E-state index is 13.1. The number of hydrogen-bond acceptors (Lipinski definition) is 1. The van der Waals surface area contributed by atoms with Crippen LogP contribution < -0.4 is 5.32 Å². The van der Waals surface area contributed by atoms with Gasteiger partial charge in [-0.15, -0.1) is 0 Å². The Morgan fingerprint density at radius 2 is 1.56 bits per heavy atom. The van der Waals surface area contributed by atoms with Gasteiger partial charge in [-0.25, -0.2) is 8.78 Å². The number of unbranched alkanes of at least 4 members (excludes halogenated alkanes) is 2. The number of nitrogens with one attached hydrogen (secondary N) is 1. The fourth-order valence-corrected chi connectivity index (χ4v) is 3.91. The largest absolute Gasteiger partial charge is 0.349 e. The van der Waals surface area contributed by atoms with Crippen molar-refractivity contribution in [1.82, 2.24) is 5.32 Å². The summed E-state index contributed by atoms with van der Waals surface area (Å²) in [5.74, 6) is -0.318. The third-order valence-corrected chi connectivity index (χ3v) is 5.02. The number of halogens is 2. The average Bonchev–Trinajstić information content (AvgIpc) is 2.92. The first-order chi connectivity index (χ1) is 12.1. The molecule has 3 rings (SSSR count). The van der Waals surface area contributed by atoms with Gasteiger partial charge in [-0.2, -0.15) is 0 Å². The zero-order valence-corrected chi connectivity index (χ0v) is 14.4. The zero-order chi connectivity index (χ0) is 17.9. The number of benzene rings is 2. The molecule has 0 atom stereocenters. The quantitative estimate of drug-likeness (QED) is 0.711. The van der Waals surface area contributed by atoms with Gasteiger partial charge in [0.1, 0.15) is 5.41 Å². The van der Waals surface area contributed by atoms with Gasteiger partial charge in [-0.3, -0.25) is 4.79 Å². The second kappa shape index (κ2) is 7.34. The summed E-state index contributed by atoms with van der Waals surface area (Å²) in [7, 11) is 0. The molecule has 25 heavy (non-hydrogen) atoms. The molecule has 0 aliphatic heterocycles. The Hall–Kier alpha value is -2.23. The number of carbonyl (C=O) groups excluding carboxylic acids is 1. The smallest absolute Gasteiger partial charge is 0.255 e. The predicted octanol–water partition coefficient (Wildman–Crippen LogP) is 4.91. The van der Waals surface area contributed by atoms with Gasteiger partial charge in [0, 0.05) is 0 Å².